The Labute approximate surface area is 81.8 Å². The second-order valence-electron chi connectivity index (χ2n) is 3.12. The lowest BCUT2D eigenvalue weighted by molar-refractivity contribution is 0.837. The van der Waals surface area contributed by atoms with E-state index in [9.17, 15) is 0 Å². The van der Waals surface area contributed by atoms with Gasteiger partial charge < -0.3 is 0 Å². The summed E-state index contributed by atoms with van der Waals surface area (Å²) < 4.78 is 1.80. The third-order valence-electron chi connectivity index (χ3n) is 2.05. The van der Waals surface area contributed by atoms with Crippen LogP contribution in [0.25, 0.3) is 5.65 Å². The van der Waals surface area contributed by atoms with Gasteiger partial charge in [0.2, 0.25) is 0 Å². The van der Waals surface area contributed by atoms with Gasteiger partial charge in [-0.05, 0) is 19.1 Å². The summed E-state index contributed by atoms with van der Waals surface area (Å²) in [4.78, 5) is 4.31. The van der Waals surface area contributed by atoms with Gasteiger partial charge in [0.1, 0.15) is 0 Å². The second-order valence-corrected chi connectivity index (χ2v) is 3.12. The molecule has 0 bridgehead atoms. The highest BCUT2D eigenvalue weighted by Crippen LogP contribution is 2.05. The van der Waals surface area contributed by atoms with E-state index in [1.54, 1.807) is 4.52 Å². The van der Waals surface area contributed by atoms with E-state index in [0.29, 0.717) is 12.8 Å². The van der Waals surface area contributed by atoms with Crippen molar-refractivity contribution in [1.29, 1.82) is 5.26 Å². The van der Waals surface area contributed by atoms with Gasteiger partial charge in [-0.3, -0.25) is 0 Å². The SMILES string of the molecule is Cc1cccc2nc(CCC#N)nn12. The fourth-order valence-electron chi connectivity index (χ4n) is 1.35. The van der Waals surface area contributed by atoms with Crippen LogP contribution in [0.15, 0.2) is 18.2 Å². The van der Waals surface area contributed by atoms with Gasteiger partial charge >= 0.3 is 0 Å². The minimum absolute atomic E-state index is 0.468. The van der Waals surface area contributed by atoms with Gasteiger partial charge in [-0.1, -0.05) is 6.07 Å². The Kier molecular flexibility index (Phi) is 2.15. The summed E-state index contributed by atoms with van der Waals surface area (Å²) in [5, 5.41) is 12.7. The van der Waals surface area contributed by atoms with Gasteiger partial charge in [-0.2, -0.15) is 10.4 Å². The van der Waals surface area contributed by atoms with Gasteiger partial charge in [0.15, 0.2) is 11.5 Å². The molecule has 0 saturated heterocycles. The fraction of sp³-hybridized carbons (Fsp3) is 0.300. The average Bonchev–Trinajstić information content (AvgIpc) is 2.59. The normalized spacial score (nSPS) is 10.3. The van der Waals surface area contributed by atoms with Crippen molar-refractivity contribution in [2.45, 2.75) is 19.8 Å². The molecule has 0 N–H and O–H groups in total. The monoisotopic (exact) mass is 186 g/mol. The van der Waals surface area contributed by atoms with Gasteiger partial charge in [0.05, 0.1) is 6.07 Å². The summed E-state index contributed by atoms with van der Waals surface area (Å²) in [6, 6.07) is 7.93. The maximum Gasteiger partial charge on any atom is 0.155 e. The number of nitrogens with zero attached hydrogens (tertiary/aromatic N) is 4. The summed E-state index contributed by atoms with van der Waals surface area (Å²) in [6.07, 6.45) is 1.09. The van der Waals surface area contributed by atoms with Crippen molar-refractivity contribution in [1.82, 2.24) is 14.6 Å². The highest BCUT2D eigenvalue weighted by molar-refractivity contribution is 5.38. The molecule has 4 heteroatoms. The molecule has 0 amide bonds. The van der Waals surface area contributed by atoms with Crippen LogP contribution in [0.4, 0.5) is 0 Å². The van der Waals surface area contributed by atoms with E-state index in [1.807, 2.05) is 25.1 Å². The lowest BCUT2D eigenvalue weighted by Crippen LogP contribution is -1.93. The van der Waals surface area contributed by atoms with Crippen molar-refractivity contribution in [3.63, 3.8) is 0 Å². The van der Waals surface area contributed by atoms with E-state index in [1.165, 1.54) is 0 Å². The smallest absolute Gasteiger partial charge is 0.155 e. The third kappa shape index (κ3) is 1.44. The van der Waals surface area contributed by atoms with Crippen LogP contribution in [0.1, 0.15) is 17.9 Å². The van der Waals surface area contributed by atoms with E-state index in [2.05, 4.69) is 16.2 Å². The van der Waals surface area contributed by atoms with Crippen molar-refractivity contribution in [2.24, 2.45) is 0 Å². The predicted molar refractivity (Wildman–Crippen MR) is 51.7 cm³/mol. The summed E-state index contributed by atoms with van der Waals surface area (Å²) >= 11 is 0. The Balaban J connectivity index is 2.42. The van der Waals surface area contributed by atoms with Gasteiger partial charge in [-0.15, -0.1) is 0 Å². The molecule has 0 unspecified atom stereocenters. The number of hydrogen-bond acceptors (Lipinski definition) is 3. The minimum Gasteiger partial charge on any atom is -0.218 e. The summed E-state index contributed by atoms with van der Waals surface area (Å²) in [5.74, 6) is 0.737. The summed E-state index contributed by atoms with van der Waals surface area (Å²) in [6.45, 7) is 1.98. The first kappa shape index (κ1) is 8.70. The number of fused-ring (bicyclic) bond motifs is 1. The van der Waals surface area contributed by atoms with Crippen molar-refractivity contribution in [3.8, 4) is 6.07 Å². The third-order valence-corrected chi connectivity index (χ3v) is 2.05. The second kappa shape index (κ2) is 3.46. The molecular weight excluding hydrogens is 176 g/mol. The van der Waals surface area contributed by atoms with E-state index >= 15 is 0 Å². The van der Waals surface area contributed by atoms with Crippen LogP contribution in [-0.4, -0.2) is 14.6 Å². The molecule has 4 nitrogen and oxygen atoms in total. The number of hydrogen-bond donors (Lipinski definition) is 0. The van der Waals surface area contributed by atoms with Crippen LogP contribution in [-0.2, 0) is 6.42 Å². The number of aromatic nitrogens is 3. The molecule has 0 spiro atoms. The zero-order valence-electron chi connectivity index (χ0n) is 7.94. The Bertz CT molecular complexity index is 492. The molecule has 2 rings (SSSR count). The number of nitriles is 1. The molecule has 0 aliphatic heterocycles. The Morgan fingerprint density at radius 1 is 1.50 bits per heavy atom. The summed E-state index contributed by atoms with van der Waals surface area (Å²) in [7, 11) is 0. The quantitative estimate of drug-likeness (QED) is 0.714. The van der Waals surface area contributed by atoms with Crippen LogP contribution in [0.2, 0.25) is 0 Å². The van der Waals surface area contributed by atoms with Crippen molar-refractivity contribution >= 4 is 5.65 Å². The minimum atomic E-state index is 0.468. The topological polar surface area (TPSA) is 54.0 Å². The molecule has 0 radical (unpaired) electrons. The Morgan fingerprint density at radius 2 is 2.36 bits per heavy atom. The van der Waals surface area contributed by atoms with Crippen molar-refractivity contribution in [3.05, 3.63) is 29.7 Å². The van der Waals surface area contributed by atoms with E-state index in [-0.39, 0.29) is 0 Å². The predicted octanol–water partition coefficient (Wildman–Crippen LogP) is 1.49. The molecule has 14 heavy (non-hydrogen) atoms. The van der Waals surface area contributed by atoms with Crippen LogP contribution in [0, 0.1) is 18.3 Å². The number of rotatable bonds is 2. The zero-order chi connectivity index (χ0) is 9.97. The molecule has 0 atom stereocenters. The largest absolute Gasteiger partial charge is 0.218 e. The van der Waals surface area contributed by atoms with Crippen LogP contribution >= 0.6 is 0 Å². The van der Waals surface area contributed by atoms with E-state index < -0.39 is 0 Å². The Morgan fingerprint density at radius 3 is 3.07 bits per heavy atom. The first-order valence-electron chi connectivity index (χ1n) is 4.49. The van der Waals surface area contributed by atoms with Gasteiger partial charge in [0.25, 0.3) is 0 Å². The maximum absolute atomic E-state index is 8.44. The van der Waals surface area contributed by atoms with Crippen molar-refractivity contribution in [2.75, 3.05) is 0 Å². The maximum atomic E-state index is 8.44. The molecule has 70 valence electrons. The Hall–Kier alpha value is -1.89. The first-order chi connectivity index (χ1) is 6.81. The first-order valence-corrected chi connectivity index (χ1v) is 4.49. The molecule has 2 aromatic rings. The average molecular weight is 186 g/mol. The van der Waals surface area contributed by atoms with Crippen LogP contribution in [0.5, 0.6) is 0 Å². The number of aryl methyl sites for hydroxylation is 2. The molecular formula is C10H10N4. The lowest BCUT2D eigenvalue weighted by atomic mass is 10.3. The van der Waals surface area contributed by atoms with Crippen LogP contribution < -0.4 is 0 Å². The molecule has 0 fully saturated rings. The van der Waals surface area contributed by atoms with Crippen LogP contribution in [0.3, 0.4) is 0 Å². The fourth-order valence-corrected chi connectivity index (χ4v) is 1.35. The van der Waals surface area contributed by atoms with E-state index in [4.69, 9.17) is 5.26 Å². The molecule has 2 heterocycles. The molecule has 0 aliphatic carbocycles. The summed E-state index contributed by atoms with van der Waals surface area (Å²) in [5.41, 5.74) is 1.90. The highest BCUT2D eigenvalue weighted by Gasteiger charge is 2.03. The lowest BCUT2D eigenvalue weighted by Gasteiger charge is -1.93. The zero-order valence-corrected chi connectivity index (χ0v) is 7.94. The highest BCUT2D eigenvalue weighted by atomic mass is 15.3. The number of pyridine rings is 1. The molecule has 2 aromatic heterocycles. The molecule has 0 aliphatic rings. The van der Waals surface area contributed by atoms with Crippen molar-refractivity contribution < 1.29 is 0 Å². The molecule has 0 aromatic carbocycles. The van der Waals surface area contributed by atoms with Gasteiger partial charge in [-0.25, -0.2) is 9.50 Å². The molecule has 0 saturated carbocycles. The van der Waals surface area contributed by atoms with Gasteiger partial charge in [0, 0.05) is 18.5 Å². The van der Waals surface area contributed by atoms with E-state index in [0.717, 1.165) is 17.2 Å². The standard InChI is InChI=1S/C10H10N4/c1-8-4-2-6-10-12-9(5-3-7-11)13-14(8)10/h2,4,6H,3,5H2,1H3.